The van der Waals surface area contributed by atoms with Crippen molar-refractivity contribution in [2.45, 2.75) is 20.8 Å². The number of hydrogen-bond donors (Lipinski definition) is 1. The molecule has 0 bridgehead atoms. The first-order valence-electron chi connectivity index (χ1n) is 5.42. The highest BCUT2D eigenvalue weighted by Gasteiger charge is 1.99. The summed E-state index contributed by atoms with van der Waals surface area (Å²) in [4.78, 5) is 4.26. The molecule has 0 fully saturated rings. The summed E-state index contributed by atoms with van der Waals surface area (Å²) in [6.45, 7) is 6.15. The molecule has 1 heterocycles. The molecule has 0 amide bonds. The molecule has 82 valence electrons. The van der Waals surface area contributed by atoms with Crippen molar-refractivity contribution >= 4 is 11.4 Å². The first kappa shape index (κ1) is 10.7. The van der Waals surface area contributed by atoms with E-state index in [1.807, 2.05) is 13.1 Å². The lowest BCUT2D eigenvalue weighted by Gasteiger charge is -2.10. The molecule has 1 N–H and O–H groups in total. The second kappa shape index (κ2) is 4.35. The van der Waals surface area contributed by atoms with Crippen molar-refractivity contribution in [1.82, 2.24) is 4.98 Å². The third-order valence-corrected chi connectivity index (χ3v) is 2.57. The quantitative estimate of drug-likeness (QED) is 0.820. The number of rotatable bonds is 2. The SMILES string of the molecule is Cc1ccc(Nc2cc(C)ncc2C)cc1. The zero-order valence-electron chi connectivity index (χ0n) is 9.91. The number of benzene rings is 1. The van der Waals surface area contributed by atoms with Gasteiger partial charge in [0.25, 0.3) is 0 Å². The van der Waals surface area contributed by atoms with Gasteiger partial charge in [0, 0.05) is 23.3 Å². The highest BCUT2D eigenvalue weighted by Crippen LogP contribution is 2.20. The van der Waals surface area contributed by atoms with Gasteiger partial charge in [0.2, 0.25) is 0 Å². The van der Waals surface area contributed by atoms with E-state index in [9.17, 15) is 0 Å². The molecule has 0 saturated carbocycles. The van der Waals surface area contributed by atoms with Crippen LogP contribution in [-0.2, 0) is 0 Å². The van der Waals surface area contributed by atoms with E-state index in [1.54, 1.807) is 0 Å². The molecular weight excluding hydrogens is 196 g/mol. The van der Waals surface area contributed by atoms with Gasteiger partial charge in [-0.1, -0.05) is 17.7 Å². The predicted octanol–water partition coefficient (Wildman–Crippen LogP) is 3.75. The molecule has 0 radical (unpaired) electrons. The monoisotopic (exact) mass is 212 g/mol. The van der Waals surface area contributed by atoms with Crippen LogP contribution in [0.3, 0.4) is 0 Å². The molecule has 0 unspecified atom stereocenters. The van der Waals surface area contributed by atoms with Crippen molar-refractivity contribution in [3.8, 4) is 0 Å². The van der Waals surface area contributed by atoms with E-state index in [2.05, 4.69) is 54.5 Å². The second-order valence-electron chi connectivity index (χ2n) is 4.13. The number of aromatic nitrogens is 1. The van der Waals surface area contributed by atoms with E-state index in [0.29, 0.717) is 0 Å². The fourth-order valence-electron chi connectivity index (χ4n) is 1.56. The van der Waals surface area contributed by atoms with Crippen LogP contribution in [0.25, 0.3) is 0 Å². The van der Waals surface area contributed by atoms with Crippen molar-refractivity contribution in [1.29, 1.82) is 0 Å². The standard InChI is InChI=1S/C14H16N2/c1-10-4-6-13(7-5-10)16-14-8-12(3)15-9-11(14)2/h4-9H,1-3H3,(H,15,16). The molecule has 1 aromatic carbocycles. The van der Waals surface area contributed by atoms with Crippen LogP contribution < -0.4 is 5.32 Å². The zero-order valence-corrected chi connectivity index (χ0v) is 9.91. The van der Waals surface area contributed by atoms with Gasteiger partial charge in [0.05, 0.1) is 0 Å². The van der Waals surface area contributed by atoms with Crippen LogP contribution in [0.1, 0.15) is 16.8 Å². The Morgan fingerprint density at radius 3 is 2.38 bits per heavy atom. The van der Waals surface area contributed by atoms with E-state index in [4.69, 9.17) is 0 Å². The zero-order chi connectivity index (χ0) is 11.5. The molecule has 2 nitrogen and oxygen atoms in total. The Labute approximate surface area is 96.4 Å². The van der Waals surface area contributed by atoms with Crippen LogP contribution in [0.2, 0.25) is 0 Å². The van der Waals surface area contributed by atoms with Gasteiger partial charge in [-0.2, -0.15) is 0 Å². The number of nitrogens with one attached hydrogen (secondary N) is 1. The Bertz CT molecular complexity index is 487. The lowest BCUT2D eigenvalue weighted by atomic mass is 10.2. The van der Waals surface area contributed by atoms with Crippen molar-refractivity contribution in [2.24, 2.45) is 0 Å². The van der Waals surface area contributed by atoms with Gasteiger partial charge in [-0.25, -0.2) is 0 Å². The maximum absolute atomic E-state index is 4.26. The maximum atomic E-state index is 4.26. The Morgan fingerprint density at radius 2 is 1.69 bits per heavy atom. The average Bonchev–Trinajstić information content (AvgIpc) is 2.27. The van der Waals surface area contributed by atoms with Crippen LogP contribution in [0.15, 0.2) is 36.5 Å². The number of hydrogen-bond acceptors (Lipinski definition) is 2. The lowest BCUT2D eigenvalue weighted by Crippen LogP contribution is -1.95. The van der Waals surface area contributed by atoms with Gasteiger partial charge in [-0.05, 0) is 44.5 Å². The average molecular weight is 212 g/mol. The molecule has 0 atom stereocenters. The molecule has 0 saturated heterocycles. The van der Waals surface area contributed by atoms with Crippen LogP contribution >= 0.6 is 0 Å². The van der Waals surface area contributed by atoms with Gasteiger partial charge in [0.15, 0.2) is 0 Å². The molecule has 1 aromatic heterocycles. The van der Waals surface area contributed by atoms with Gasteiger partial charge >= 0.3 is 0 Å². The Kier molecular flexibility index (Phi) is 2.91. The predicted molar refractivity (Wildman–Crippen MR) is 68.2 cm³/mol. The third-order valence-electron chi connectivity index (χ3n) is 2.57. The molecule has 0 aliphatic heterocycles. The molecule has 0 aliphatic carbocycles. The van der Waals surface area contributed by atoms with Crippen LogP contribution in [0, 0.1) is 20.8 Å². The van der Waals surface area contributed by atoms with E-state index in [0.717, 1.165) is 22.6 Å². The first-order valence-corrected chi connectivity index (χ1v) is 5.42. The Morgan fingerprint density at radius 1 is 1.00 bits per heavy atom. The third kappa shape index (κ3) is 2.40. The van der Waals surface area contributed by atoms with Crippen molar-refractivity contribution in [3.05, 3.63) is 53.3 Å². The summed E-state index contributed by atoms with van der Waals surface area (Å²) in [5.74, 6) is 0. The number of nitrogens with zero attached hydrogens (tertiary/aromatic N) is 1. The fourth-order valence-corrected chi connectivity index (χ4v) is 1.56. The van der Waals surface area contributed by atoms with E-state index in [1.165, 1.54) is 5.56 Å². The van der Waals surface area contributed by atoms with Gasteiger partial charge < -0.3 is 5.32 Å². The Hall–Kier alpha value is -1.83. The normalized spacial score (nSPS) is 10.2. The van der Waals surface area contributed by atoms with Crippen LogP contribution in [-0.4, -0.2) is 4.98 Å². The number of pyridine rings is 1. The van der Waals surface area contributed by atoms with E-state index < -0.39 is 0 Å². The summed E-state index contributed by atoms with van der Waals surface area (Å²) in [5.41, 5.74) is 5.69. The smallest absolute Gasteiger partial charge is 0.0447 e. The highest BCUT2D eigenvalue weighted by molar-refractivity contribution is 5.62. The second-order valence-corrected chi connectivity index (χ2v) is 4.13. The molecule has 2 heteroatoms. The summed E-state index contributed by atoms with van der Waals surface area (Å²) in [6, 6.07) is 10.4. The lowest BCUT2D eigenvalue weighted by molar-refractivity contribution is 1.17. The van der Waals surface area contributed by atoms with Crippen LogP contribution in [0.4, 0.5) is 11.4 Å². The minimum absolute atomic E-state index is 1.03. The Balaban J connectivity index is 2.26. The highest BCUT2D eigenvalue weighted by atomic mass is 14.9. The summed E-state index contributed by atoms with van der Waals surface area (Å²) >= 11 is 0. The molecular formula is C14H16N2. The molecule has 0 aliphatic rings. The van der Waals surface area contributed by atoms with Gasteiger partial charge in [-0.15, -0.1) is 0 Å². The summed E-state index contributed by atoms with van der Waals surface area (Å²) < 4.78 is 0. The number of anilines is 2. The summed E-state index contributed by atoms with van der Waals surface area (Å²) in [7, 11) is 0. The molecule has 2 rings (SSSR count). The van der Waals surface area contributed by atoms with Crippen molar-refractivity contribution in [3.63, 3.8) is 0 Å². The topological polar surface area (TPSA) is 24.9 Å². The largest absolute Gasteiger partial charge is 0.355 e. The van der Waals surface area contributed by atoms with Gasteiger partial charge in [0.1, 0.15) is 0 Å². The summed E-state index contributed by atoms with van der Waals surface area (Å²) in [5, 5.41) is 3.40. The van der Waals surface area contributed by atoms with Crippen LogP contribution in [0.5, 0.6) is 0 Å². The van der Waals surface area contributed by atoms with Crippen molar-refractivity contribution < 1.29 is 0 Å². The molecule has 2 aromatic rings. The summed E-state index contributed by atoms with van der Waals surface area (Å²) in [6.07, 6.45) is 1.89. The van der Waals surface area contributed by atoms with E-state index >= 15 is 0 Å². The maximum Gasteiger partial charge on any atom is 0.0447 e. The number of aryl methyl sites for hydroxylation is 3. The van der Waals surface area contributed by atoms with E-state index in [-0.39, 0.29) is 0 Å². The fraction of sp³-hybridized carbons (Fsp3) is 0.214. The minimum atomic E-state index is 1.03. The molecule has 0 spiro atoms. The van der Waals surface area contributed by atoms with Crippen molar-refractivity contribution in [2.75, 3.05) is 5.32 Å². The van der Waals surface area contributed by atoms with Gasteiger partial charge in [-0.3, -0.25) is 4.98 Å². The molecule has 16 heavy (non-hydrogen) atoms. The first-order chi connectivity index (χ1) is 7.65. The minimum Gasteiger partial charge on any atom is -0.355 e.